The fourth-order valence-electron chi connectivity index (χ4n) is 2.55. The van der Waals surface area contributed by atoms with Gasteiger partial charge in [-0.1, -0.05) is 6.07 Å². The van der Waals surface area contributed by atoms with E-state index < -0.39 is 0 Å². The van der Waals surface area contributed by atoms with E-state index in [1.54, 1.807) is 12.1 Å². The van der Waals surface area contributed by atoms with E-state index in [9.17, 15) is 10.1 Å². The first-order valence-electron chi connectivity index (χ1n) is 6.77. The molecule has 3 rings (SSSR count). The Hall–Kier alpha value is -1.62. The summed E-state index contributed by atoms with van der Waals surface area (Å²) in [5.74, 6) is 1.00. The molecule has 2 aliphatic rings. The van der Waals surface area contributed by atoms with Gasteiger partial charge in [0.1, 0.15) is 11.9 Å². The van der Waals surface area contributed by atoms with Crippen molar-refractivity contribution in [2.75, 3.05) is 13.2 Å². The fraction of sp³-hybridized carbons (Fsp3) is 0.571. The molecule has 102 valence electrons. The maximum Gasteiger partial charge on any atom is 0.276 e. The average molecular weight is 263 g/mol. The van der Waals surface area contributed by atoms with Gasteiger partial charge in [0.2, 0.25) is 0 Å². The molecule has 2 fully saturated rings. The summed E-state index contributed by atoms with van der Waals surface area (Å²) in [5, 5.41) is 11.1. The Bertz CT molecular complexity index is 478. The SMILES string of the molecule is O=[N+]([O-])c1cccc(OC2CCOCC2)c1C1CC1. The minimum Gasteiger partial charge on any atom is -0.490 e. The minimum absolute atomic E-state index is 0.119. The van der Waals surface area contributed by atoms with Crippen LogP contribution in [-0.2, 0) is 4.74 Å². The van der Waals surface area contributed by atoms with Crippen molar-refractivity contribution in [3.63, 3.8) is 0 Å². The molecule has 0 aromatic heterocycles. The third kappa shape index (κ3) is 2.71. The number of hydrogen-bond donors (Lipinski definition) is 0. The van der Waals surface area contributed by atoms with Gasteiger partial charge in [-0.25, -0.2) is 0 Å². The van der Waals surface area contributed by atoms with Crippen molar-refractivity contribution in [1.29, 1.82) is 0 Å². The van der Waals surface area contributed by atoms with Crippen molar-refractivity contribution in [3.05, 3.63) is 33.9 Å². The molecule has 0 radical (unpaired) electrons. The van der Waals surface area contributed by atoms with Crippen LogP contribution in [0.4, 0.5) is 5.69 Å². The van der Waals surface area contributed by atoms with Crippen LogP contribution >= 0.6 is 0 Å². The van der Waals surface area contributed by atoms with Crippen molar-refractivity contribution in [3.8, 4) is 5.75 Å². The van der Waals surface area contributed by atoms with Crippen LogP contribution in [0.3, 0.4) is 0 Å². The molecule has 1 aliphatic heterocycles. The molecule has 0 atom stereocenters. The Morgan fingerprint density at radius 2 is 1.95 bits per heavy atom. The van der Waals surface area contributed by atoms with Gasteiger partial charge in [-0.3, -0.25) is 10.1 Å². The molecule has 0 N–H and O–H groups in total. The van der Waals surface area contributed by atoms with E-state index in [2.05, 4.69) is 0 Å². The first-order chi connectivity index (χ1) is 9.25. The number of rotatable bonds is 4. The molecule has 1 aromatic rings. The number of nitro benzene ring substituents is 1. The number of nitro groups is 1. The molecule has 0 bridgehead atoms. The van der Waals surface area contributed by atoms with Gasteiger partial charge in [0.25, 0.3) is 5.69 Å². The van der Waals surface area contributed by atoms with Gasteiger partial charge in [0.15, 0.2) is 0 Å². The van der Waals surface area contributed by atoms with Gasteiger partial charge in [0.05, 0.1) is 23.7 Å². The summed E-state index contributed by atoms with van der Waals surface area (Å²) in [6.45, 7) is 1.41. The topological polar surface area (TPSA) is 61.6 Å². The van der Waals surface area contributed by atoms with Gasteiger partial charge < -0.3 is 9.47 Å². The van der Waals surface area contributed by atoms with E-state index in [4.69, 9.17) is 9.47 Å². The smallest absolute Gasteiger partial charge is 0.276 e. The second-order valence-electron chi connectivity index (χ2n) is 5.15. The van der Waals surface area contributed by atoms with Crippen molar-refractivity contribution in [2.24, 2.45) is 0 Å². The molecule has 1 saturated heterocycles. The van der Waals surface area contributed by atoms with Crippen LogP contribution in [0.5, 0.6) is 5.75 Å². The molecule has 1 saturated carbocycles. The fourth-order valence-corrected chi connectivity index (χ4v) is 2.55. The number of nitrogens with zero attached hydrogens (tertiary/aromatic N) is 1. The first-order valence-corrected chi connectivity index (χ1v) is 6.77. The van der Waals surface area contributed by atoms with Crippen molar-refractivity contribution < 1.29 is 14.4 Å². The highest BCUT2D eigenvalue weighted by Crippen LogP contribution is 2.48. The van der Waals surface area contributed by atoms with E-state index >= 15 is 0 Å². The lowest BCUT2D eigenvalue weighted by Crippen LogP contribution is -2.26. The molecular formula is C14H17NO4. The van der Waals surface area contributed by atoms with Gasteiger partial charge in [0, 0.05) is 18.9 Å². The van der Waals surface area contributed by atoms with E-state index in [1.165, 1.54) is 0 Å². The Labute approximate surface area is 111 Å². The summed E-state index contributed by atoms with van der Waals surface area (Å²) in [4.78, 5) is 10.8. The predicted octanol–water partition coefficient (Wildman–Crippen LogP) is 3.03. The summed E-state index contributed by atoms with van der Waals surface area (Å²) < 4.78 is 11.3. The van der Waals surface area contributed by atoms with Gasteiger partial charge in [-0.05, 0) is 24.8 Å². The highest BCUT2D eigenvalue weighted by Gasteiger charge is 2.34. The van der Waals surface area contributed by atoms with Crippen LogP contribution in [0.1, 0.15) is 37.2 Å². The van der Waals surface area contributed by atoms with Crippen LogP contribution in [0, 0.1) is 10.1 Å². The predicted molar refractivity (Wildman–Crippen MR) is 69.5 cm³/mol. The summed E-state index contributed by atoms with van der Waals surface area (Å²) in [6.07, 6.45) is 3.87. The van der Waals surface area contributed by atoms with Gasteiger partial charge >= 0.3 is 0 Å². The van der Waals surface area contributed by atoms with Crippen LogP contribution in [0.2, 0.25) is 0 Å². The molecule has 0 spiro atoms. The second-order valence-corrected chi connectivity index (χ2v) is 5.15. The van der Waals surface area contributed by atoms with E-state index in [-0.39, 0.29) is 16.7 Å². The van der Waals surface area contributed by atoms with E-state index in [0.29, 0.717) is 24.9 Å². The maximum absolute atomic E-state index is 11.1. The van der Waals surface area contributed by atoms with Crippen LogP contribution < -0.4 is 4.74 Å². The highest BCUT2D eigenvalue weighted by atomic mass is 16.6. The van der Waals surface area contributed by atoms with Crippen LogP contribution in [0.15, 0.2) is 18.2 Å². The Kier molecular flexibility index (Phi) is 3.38. The lowest BCUT2D eigenvalue weighted by Gasteiger charge is -2.24. The zero-order valence-corrected chi connectivity index (χ0v) is 10.7. The second kappa shape index (κ2) is 5.17. The molecule has 5 heteroatoms. The van der Waals surface area contributed by atoms with E-state index in [0.717, 1.165) is 31.2 Å². The van der Waals surface area contributed by atoms with Gasteiger partial charge in [-0.2, -0.15) is 0 Å². The Balaban J connectivity index is 1.87. The summed E-state index contributed by atoms with van der Waals surface area (Å²) in [5.41, 5.74) is 0.992. The molecule has 0 amide bonds. The maximum atomic E-state index is 11.1. The molecule has 1 heterocycles. The molecule has 1 aromatic carbocycles. The summed E-state index contributed by atoms with van der Waals surface area (Å²) >= 11 is 0. The first kappa shape index (κ1) is 12.4. The quantitative estimate of drug-likeness (QED) is 0.618. The lowest BCUT2D eigenvalue weighted by atomic mass is 10.1. The van der Waals surface area contributed by atoms with Crippen molar-refractivity contribution in [1.82, 2.24) is 0 Å². The molecule has 5 nitrogen and oxygen atoms in total. The van der Waals surface area contributed by atoms with Crippen molar-refractivity contribution >= 4 is 5.69 Å². The highest BCUT2D eigenvalue weighted by molar-refractivity contribution is 5.53. The number of benzene rings is 1. The Morgan fingerprint density at radius 1 is 1.21 bits per heavy atom. The number of hydrogen-bond acceptors (Lipinski definition) is 4. The van der Waals surface area contributed by atoms with Crippen LogP contribution in [0.25, 0.3) is 0 Å². The van der Waals surface area contributed by atoms with E-state index in [1.807, 2.05) is 6.07 Å². The standard InChI is InChI=1S/C14H17NO4/c16-15(17)12-2-1-3-13(14(12)10-4-5-10)19-11-6-8-18-9-7-11/h1-3,10-11H,4-9H2. The minimum atomic E-state index is -0.301. The summed E-state index contributed by atoms with van der Waals surface area (Å²) in [7, 11) is 0. The lowest BCUT2D eigenvalue weighted by molar-refractivity contribution is -0.385. The van der Waals surface area contributed by atoms with Gasteiger partial charge in [-0.15, -0.1) is 0 Å². The Morgan fingerprint density at radius 3 is 2.58 bits per heavy atom. The monoisotopic (exact) mass is 263 g/mol. The zero-order chi connectivity index (χ0) is 13.2. The molecule has 0 unspecified atom stereocenters. The molecule has 1 aliphatic carbocycles. The third-order valence-electron chi connectivity index (χ3n) is 3.69. The number of ether oxygens (including phenoxy) is 2. The largest absolute Gasteiger partial charge is 0.490 e. The van der Waals surface area contributed by atoms with Crippen LogP contribution in [-0.4, -0.2) is 24.2 Å². The third-order valence-corrected chi connectivity index (χ3v) is 3.69. The molecule has 19 heavy (non-hydrogen) atoms. The zero-order valence-electron chi connectivity index (χ0n) is 10.7. The van der Waals surface area contributed by atoms with Crippen molar-refractivity contribution in [2.45, 2.75) is 37.7 Å². The molecular weight excluding hydrogens is 246 g/mol. The average Bonchev–Trinajstić information content (AvgIpc) is 3.24. The summed E-state index contributed by atoms with van der Waals surface area (Å²) in [6, 6.07) is 5.14. The normalized spacial score (nSPS) is 20.2.